The Morgan fingerprint density at radius 2 is 1.77 bits per heavy atom. The van der Waals surface area contributed by atoms with Gasteiger partial charge in [0.05, 0.1) is 17.0 Å². The summed E-state index contributed by atoms with van der Waals surface area (Å²) < 4.78 is 73.0. The summed E-state index contributed by atoms with van der Waals surface area (Å²) in [4.78, 5) is 12.1. The predicted octanol–water partition coefficient (Wildman–Crippen LogP) is 4.58. The molecule has 1 aliphatic rings. The van der Waals surface area contributed by atoms with E-state index in [0.29, 0.717) is 6.08 Å². The van der Waals surface area contributed by atoms with E-state index in [2.05, 4.69) is 6.58 Å². The summed E-state index contributed by atoms with van der Waals surface area (Å²) in [5.41, 5.74) is -2.77. The van der Waals surface area contributed by atoms with Gasteiger partial charge in [-0.15, -0.1) is 0 Å². The fraction of sp³-hybridized carbons (Fsp3) is 0.333. The minimum atomic E-state index is -1.69. The average molecular weight is 371 g/mol. The van der Waals surface area contributed by atoms with E-state index >= 15 is 0 Å². The first-order chi connectivity index (χ1) is 12.1. The number of benzene rings is 1. The standard InChI is InChI=1S/C18H14F5NO2/c1-4-9-13(20)15(22)10(16(23)14(9)21)7-26-17(25)12-11(18(12,2)3)5-8(19)6-24/h4-5,11-12H,1,7H2,2-3H3/b8-5+/t11-,12-/m0/s1. The molecular weight excluding hydrogens is 357 g/mol. The SMILES string of the molecule is C=Cc1c(F)c(F)c(COC(=O)[C@@H]2[C@H](/C=C(/F)C#N)C2(C)C)c(F)c1F. The molecule has 0 heterocycles. The molecule has 2 atom stereocenters. The summed E-state index contributed by atoms with van der Waals surface area (Å²) in [6.45, 7) is 5.26. The maximum atomic E-state index is 13.9. The maximum Gasteiger partial charge on any atom is 0.310 e. The molecule has 8 heteroatoms. The van der Waals surface area contributed by atoms with Crippen LogP contribution in [0.5, 0.6) is 0 Å². The maximum absolute atomic E-state index is 13.9. The monoisotopic (exact) mass is 371 g/mol. The molecular formula is C18H14F5NO2. The second-order valence-electron chi connectivity index (χ2n) is 6.41. The number of ether oxygens (including phenoxy) is 1. The quantitative estimate of drug-likeness (QED) is 0.330. The molecule has 0 amide bonds. The van der Waals surface area contributed by atoms with Crippen LogP contribution in [0.15, 0.2) is 18.5 Å². The van der Waals surface area contributed by atoms with E-state index in [4.69, 9.17) is 10.00 Å². The van der Waals surface area contributed by atoms with Gasteiger partial charge in [-0.25, -0.2) is 17.6 Å². The van der Waals surface area contributed by atoms with E-state index in [1.165, 1.54) is 6.07 Å². The Hall–Kier alpha value is -2.69. The van der Waals surface area contributed by atoms with Crippen molar-refractivity contribution in [1.29, 1.82) is 5.26 Å². The molecule has 0 radical (unpaired) electrons. The molecule has 1 aliphatic carbocycles. The molecule has 0 aliphatic heterocycles. The lowest BCUT2D eigenvalue weighted by Crippen LogP contribution is -2.14. The highest BCUT2D eigenvalue weighted by atomic mass is 19.2. The van der Waals surface area contributed by atoms with Crippen LogP contribution in [-0.2, 0) is 16.1 Å². The number of rotatable bonds is 5. The minimum Gasteiger partial charge on any atom is -0.460 e. The van der Waals surface area contributed by atoms with E-state index in [1.807, 2.05) is 0 Å². The Morgan fingerprint density at radius 1 is 1.23 bits per heavy atom. The van der Waals surface area contributed by atoms with Gasteiger partial charge in [0.1, 0.15) is 12.7 Å². The third-order valence-electron chi connectivity index (χ3n) is 4.55. The van der Waals surface area contributed by atoms with Crippen molar-refractivity contribution in [2.24, 2.45) is 17.3 Å². The van der Waals surface area contributed by atoms with Crippen LogP contribution in [0.4, 0.5) is 22.0 Å². The van der Waals surface area contributed by atoms with Crippen LogP contribution in [0.2, 0.25) is 0 Å². The molecule has 2 rings (SSSR count). The number of nitrogens with zero attached hydrogens (tertiary/aromatic N) is 1. The molecule has 1 fully saturated rings. The Bertz CT molecular complexity index is 825. The van der Waals surface area contributed by atoms with Crippen LogP contribution >= 0.6 is 0 Å². The fourth-order valence-electron chi connectivity index (χ4n) is 2.87. The molecule has 1 saturated carbocycles. The second-order valence-corrected chi connectivity index (χ2v) is 6.41. The smallest absolute Gasteiger partial charge is 0.310 e. The Balaban J connectivity index is 2.19. The van der Waals surface area contributed by atoms with Crippen molar-refractivity contribution in [2.45, 2.75) is 20.5 Å². The van der Waals surface area contributed by atoms with E-state index in [1.54, 1.807) is 13.8 Å². The lowest BCUT2D eigenvalue weighted by Gasteiger charge is -2.11. The number of halogens is 5. The van der Waals surface area contributed by atoms with E-state index in [0.717, 1.165) is 6.08 Å². The third-order valence-corrected chi connectivity index (χ3v) is 4.55. The van der Waals surface area contributed by atoms with Crippen molar-refractivity contribution >= 4 is 12.0 Å². The van der Waals surface area contributed by atoms with Crippen LogP contribution in [0, 0.1) is 51.9 Å². The van der Waals surface area contributed by atoms with Gasteiger partial charge in [-0.1, -0.05) is 26.5 Å². The molecule has 0 bridgehead atoms. The number of allylic oxidation sites excluding steroid dienone is 2. The number of hydrogen-bond donors (Lipinski definition) is 0. The van der Waals surface area contributed by atoms with Gasteiger partial charge >= 0.3 is 5.97 Å². The molecule has 0 N–H and O–H groups in total. The first-order valence-electron chi connectivity index (χ1n) is 7.49. The van der Waals surface area contributed by atoms with E-state index in [9.17, 15) is 26.7 Å². The number of carbonyl (C=O) groups excluding carboxylic acids is 1. The lowest BCUT2D eigenvalue weighted by atomic mass is 10.1. The van der Waals surface area contributed by atoms with Crippen LogP contribution < -0.4 is 0 Å². The molecule has 3 nitrogen and oxygen atoms in total. The molecule has 1 aromatic rings. The summed E-state index contributed by atoms with van der Waals surface area (Å²) in [5.74, 6) is -10.1. The number of esters is 1. The van der Waals surface area contributed by atoms with Crippen molar-refractivity contribution in [3.63, 3.8) is 0 Å². The van der Waals surface area contributed by atoms with Gasteiger partial charge in [0.2, 0.25) is 0 Å². The van der Waals surface area contributed by atoms with Gasteiger partial charge < -0.3 is 4.74 Å². The fourth-order valence-corrected chi connectivity index (χ4v) is 2.87. The number of nitriles is 1. The molecule has 26 heavy (non-hydrogen) atoms. The van der Waals surface area contributed by atoms with E-state index in [-0.39, 0.29) is 0 Å². The Morgan fingerprint density at radius 3 is 2.23 bits per heavy atom. The summed E-state index contributed by atoms with van der Waals surface area (Å²) in [7, 11) is 0. The van der Waals surface area contributed by atoms with Gasteiger partial charge in [0.15, 0.2) is 29.1 Å². The largest absolute Gasteiger partial charge is 0.460 e. The lowest BCUT2D eigenvalue weighted by molar-refractivity contribution is -0.147. The first kappa shape index (κ1) is 19.6. The van der Waals surface area contributed by atoms with Crippen LogP contribution in [-0.4, -0.2) is 5.97 Å². The van der Waals surface area contributed by atoms with Crippen LogP contribution in [0.1, 0.15) is 25.0 Å². The minimum absolute atomic E-state index is 0.625. The predicted molar refractivity (Wildman–Crippen MR) is 81.7 cm³/mol. The van der Waals surface area contributed by atoms with Crippen LogP contribution in [0.3, 0.4) is 0 Å². The summed E-state index contributed by atoms with van der Waals surface area (Å²) in [6.07, 6.45) is 1.59. The van der Waals surface area contributed by atoms with Crippen molar-refractivity contribution in [1.82, 2.24) is 0 Å². The van der Waals surface area contributed by atoms with Crippen molar-refractivity contribution in [3.05, 3.63) is 52.9 Å². The first-order valence-corrected chi connectivity index (χ1v) is 7.49. The van der Waals surface area contributed by atoms with Gasteiger partial charge in [-0.05, 0) is 11.5 Å². The summed E-state index contributed by atoms with van der Waals surface area (Å²) in [6, 6.07) is 1.28. The molecule has 0 spiro atoms. The zero-order valence-corrected chi connectivity index (χ0v) is 13.9. The highest BCUT2D eigenvalue weighted by Crippen LogP contribution is 2.60. The highest BCUT2D eigenvalue weighted by Gasteiger charge is 2.61. The van der Waals surface area contributed by atoms with Gasteiger partial charge in [-0.3, -0.25) is 4.79 Å². The normalized spacial score (nSPS) is 21.1. The number of hydrogen-bond acceptors (Lipinski definition) is 3. The Kier molecular flexibility index (Phi) is 5.21. The highest BCUT2D eigenvalue weighted by molar-refractivity contribution is 5.78. The molecule has 0 saturated heterocycles. The second kappa shape index (κ2) is 6.90. The van der Waals surface area contributed by atoms with Gasteiger partial charge in [-0.2, -0.15) is 9.65 Å². The third kappa shape index (κ3) is 3.21. The molecule has 1 aromatic carbocycles. The summed E-state index contributed by atoms with van der Waals surface area (Å²) in [5, 5.41) is 8.44. The molecule has 138 valence electrons. The zero-order valence-electron chi connectivity index (χ0n) is 13.9. The summed E-state index contributed by atoms with van der Waals surface area (Å²) >= 11 is 0. The Labute approximate surface area is 146 Å². The average Bonchev–Trinajstić information content (AvgIpc) is 3.13. The van der Waals surface area contributed by atoms with Crippen molar-refractivity contribution in [2.75, 3.05) is 0 Å². The van der Waals surface area contributed by atoms with Crippen molar-refractivity contribution < 1.29 is 31.5 Å². The van der Waals surface area contributed by atoms with Gasteiger partial charge in [0.25, 0.3) is 0 Å². The molecule has 0 aromatic heterocycles. The topological polar surface area (TPSA) is 50.1 Å². The zero-order chi connectivity index (χ0) is 19.8. The van der Waals surface area contributed by atoms with Gasteiger partial charge in [0, 0.05) is 5.92 Å². The van der Waals surface area contributed by atoms with Crippen molar-refractivity contribution in [3.8, 4) is 6.07 Å². The van der Waals surface area contributed by atoms with E-state index < -0.39 is 70.0 Å². The molecule has 0 unspecified atom stereocenters. The number of carbonyl (C=O) groups is 1. The van der Waals surface area contributed by atoms with Crippen LogP contribution in [0.25, 0.3) is 6.08 Å².